The minimum atomic E-state index is -1.01. The van der Waals surface area contributed by atoms with Crippen LogP contribution in [-0.2, 0) is 9.53 Å². The van der Waals surface area contributed by atoms with Gasteiger partial charge in [0, 0.05) is 12.3 Å². The number of rotatable bonds is 5. The number of carbonyl (C=O) groups excluding carboxylic acids is 2. The van der Waals surface area contributed by atoms with Crippen LogP contribution < -0.4 is 10.6 Å². The molecule has 6 nitrogen and oxygen atoms in total. The van der Waals surface area contributed by atoms with E-state index < -0.39 is 30.3 Å². The van der Waals surface area contributed by atoms with Crippen molar-refractivity contribution < 1.29 is 19.4 Å². The van der Waals surface area contributed by atoms with Gasteiger partial charge in [-0.15, -0.1) is 0 Å². The number of ether oxygens (including phenoxy) is 1. The quantitative estimate of drug-likeness (QED) is 0.523. The zero-order chi connectivity index (χ0) is 13.5. The van der Waals surface area contributed by atoms with E-state index in [0.717, 1.165) is 0 Å². The topological polar surface area (TPSA) is 87.7 Å². The Balaban J connectivity index is 4.21. The average molecular weight is 264 g/mol. The van der Waals surface area contributed by atoms with Crippen molar-refractivity contribution in [2.45, 2.75) is 32.4 Å². The maximum atomic E-state index is 11.5. The van der Waals surface area contributed by atoms with Gasteiger partial charge in [-0.05, 0) is 20.8 Å². The van der Waals surface area contributed by atoms with Gasteiger partial charge in [0.1, 0.15) is 11.6 Å². The van der Waals surface area contributed by atoms with E-state index in [1.54, 1.807) is 20.8 Å². The van der Waals surface area contributed by atoms with Crippen LogP contribution in [0.25, 0.3) is 0 Å². The summed E-state index contributed by atoms with van der Waals surface area (Å²) in [6.07, 6.45) is -0.738. The van der Waals surface area contributed by atoms with Gasteiger partial charge in [0.25, 0.3) is 0 Å². The predicted octanol–water partition coefficient (Wildman–Crippen LogP) is -0.0820. The van der Waals surface area contributed by atoms with Gasteiger partial charge in [0.15, 0.2) is 0 Å². The highest BCUT2D eigenvalue weighted by molar-refractivity contribution is 7.80. The summed E-state index contributed by atoms with van der Waals surface area (Å²) in [4.78, 5) is 22.8. The number of thiol groups is 1. The Bertz CT molecular complexity index is 266. The first kappa shape index (κ1) is 16.1. The number of hydrogen-bond donors (Lipinski definition) is 4. The lowest BCUT2D eigenvalue weighted by atomic mass is 10.2. The molecule has 0 aromatic rings. The predicted molar refractivity (Wildman–Crippen MR) is 67.1 cm³/mol. The smallest absolute Gasteiger partial charge is 0.408 e. The fourth-order valence-corrected chi connectivity index (χ4v) is 1.06. The van der Waals surface area contributed by atoms with E-state index in [0.29, 0.717) is 12.3 Å². The van der Waals surface area contributed by atoms with Crippen LogP contribution in [-0.4, -0.2) is 47.7 Å². The van der Waals surface area contributed by atoms with Crippen LogP contribution in [0.4, 0.5) is 4.79 Å². The molecule has 0 saturated heterocycles. The maximum Gasteiger partial charge on any atom is 0.408 e. The summed E-state index contributed by atoms with van der Waals surface area (Å²) in [6.45, 7) is 5.01. The summed E-state index contributed by atoms with van der Waals surface area (Å²) in [5.74, 6) is 0.0171. The van der Waals surface area contributed by atoms with Gasteiger partial charge in [-0.1, -0.05) is 0 Å². The lowest BCUT2D eigenvalue weighted by molar-refractivity contribution is -0.124. The molecule has 0 rings (SSSR count). The van der Waals surface area contributed by atoms with Crippen molar-refractivity contribution in [3.05, 3.63) is 0 Å². The molecule has 0 fully saturated rings. The molecule has 0 aliphatic carbocycles. The van der Waals surface area contributed by atoms with Gasteiger partial charge in [0.2, 0.25) is 5.91 Å². The van der Waals surface area contributed by atoms with Crippen LogP contribution in [0, 0.1) is 0 Å². The number of carbonyl (C=O) groups is 2. The monoisotopic (exact) mass is 264 g/mol. The molecule has 1 atom stereocenters. The van der Waals surface area contributed by atoms with E-state index in [4.69, 9.17) is 9.84 Å². The van der Waals surface area contributed by atoms with Crippen molar-refractivity contribution in [1.82, 2.24) is 10.6 Å². The summed E-state index contributed by atoms with van der Waals surface area (Å²) in [7, 11) is 0. The molecule has 2 amide bonds. The Labute approximate surface area is 107 Å². The number of aliphatic hydroxyl groups is 1. The SMILES string of the molecule is CC(C)(C)OC(=O)NC(CO)C(=O)NCCS. The number of alkyl carbamates (subject to hydrolysis) is 1. The Morgan fingerprint density at radius 2 is 2.00 bits per heavy atom. The summed E-state index contributed by atoms with van der Waals surface area (Å²) in [5.41, 5.74) is -0.647. The highest BCUT2D eigenvalue weighted by atomic mass is 32.1. The van der Waals surface area contributed by atoms with E-state index in [-0.39, 0.29) is 0 Å². The first-order valence-electron chi connectivity index (χ1n) is 5.29. The van der Waals surface area contributed by atoms with E-state index in [9.17, 15) is 9.59 Å². The van der Waals surface area contributed by atoms with Gasteiger partial charge < -0.3 is 20.5 Å². The van der Waals surface area contributed by atoms with Crippen LogP contribution in [0.2, 0.25) is 0 Å². The minimum absolute atomic E-state index is 0.369. The lowest BCUT2D eigenvalue weighted by Gasteiger charge is -2.22. The Hall–Kier alpha value is -0.950. The van der Waals surface area contributed by atoms with Gasteiger partial charge >= 0.3 is 6.09 Å². The lowest BCUT2D eigenvalue weighted by Crippen LogP contribution is -2.50. The highest BCUT2D eigenvalue weighted by Gasteiger charge is 2.23. The van der Waals surface area contributed by atoms with Gasteiger partial charge in [-0.3, -0.25) is 4.79 Å². The number of nitrogens with one attached hydrogen (secondary N) is 2. The molecular weight excluding hydrogens is 244 g/mol. The third-order valence-corrected chi connectivity index (χ3v) is 1.82. The van der Waals surface area contributed by atoms with E-state index >= 15 is 0 Å². The zero-order valence-corrected chi connectivity index (χ0v) is 11.2. The Morgan fingerprint density at radius 1 is 1.41 bits per heavy atom. The van der Waals surface area contributed by atoms with Gasteiger partial charge in [-0.2, -0.15) is 12.6 Å². The first-order valence-corrected chi connectivity index (χ1v) is 5.92. The summed E-state index contributed by atoms with van der Waals surface area (Å²) < 4.78 is 4.97. The minimum Gasteiger partial charge on any atom is -0.444 e. The summed E-state index contributed by atoms with van der Waals surface area (Å²) in [5, 5.41) is 13.8. The first-order chi connectivity index (χ1) is 7.80. The van der Waals surface area contributed by atoms with Crippen LogP contribution in [0.3, 0.4) is 0 Å². The van der Waals surface area contributed by atoms with Crippen LogP contribution in [0.1, 0.15) is 20.8 Å². The van der Waals surface area contributed by atoms with Crippen LogP contribution >= 0.6 is 12.6 Å². The third kappa shape index (κ3) is 7.87. The summed E-state index contributed by atoms with van der Waals surface area (Å²) >= 11 is 3.93. The molecule has 0 aromatic carbocycles. The maximum absolute atomic E-state index is 11.5. The fourth-order valence-electron chi connectivity index (χ4n) is 0.946. The molecule has 0 radical (unpaired) electrons. The van der Waals surface area contributed by atoms with E-state index in [1.807, 2.05) is 0 Å². The fraction of sp³-hybridized carbons (Fsp3) is 0.800. The van der Waals surface area contributed by atoms with Crippen molar-refractivity contribution in [3.8, 4) is 0 Å². The Kier molecular flexibility index (Phi) is 6.98. The Morgan fingerprint density at radius 3 is 2.41 bits per heavy atom. The molecule has 0 aliphatic rings. The molecule has 0 aromatic heterocycles. The van der Waals surface area contributed by atoms with Gasteiger partial charge in [-0.25, -0.2) is 4.79 Å². The zero-order valence-electron chi connectivity index (χ0n) is 10.3. The van der Waals surface area contributed by atoms with Crippen molar-refractivity contribution in [3.63, 3.8) is 0 Å². The standard InChI is InChI=1S/C10H20N2O4S/c1-10(2,3)16-9(15)12-7(6-13)8(14)11-4-5-17/h7,13,17H,4-6H2,1-3H3,(H,11,14)(H,12,15). The van der Waals surface area contributed by atoms with E-state index in [1.165, 1.54) is 0 Å². The molecule has 3 N–H and O–H groups in total. The second-order valence-electron chi connectivity index (χ2n) is 4.40. The van der Waals surface area contributed by atoms with Crippen molar-refractivity contribution >= 4 is 24.6 Å². The molecule has 17 heavy (non-hydrogen) atoms. The van der Waals surface area contributed by atoms with Crippen LogP contribution in [0.15, 0.2) is 0 Å². The number of hydrogen-bond acceptors (Lipinski definition) is 5. The second-order valence-corrected chi connectivity index (χ2v) is 4.84. The molecule has 0 saturated carbocycles. The summed E-state index contributed by atoms with van der Waals surface area (Å²) in [6, 6.07) is -1.01. The largest absolute Gasteiger partial charge is 0.444 e. The molecule has 0 bridgehead atoms. The number of amides is 2. The molecule has 0 spiro atoms. The van der Waals surface area contributed by atoms with Crippen molar-refractivity contribution in [1.29, 1.82) is 0 Å². The normalized spacial score (nSPS) is 12.8. The van der Waals surface area contributed by atoms with Crippen LogP contribution in [0.5, 0.6) is 0 Å². The highest BCUT2D eigenvalue weighted by Crippen LogP contribution is 2.06. The molecule has 0 heterocycles. The molecule has 7 heteroatoms. The molecular formula is C10H20N2O4S. The molecule has 100 valence electrons. The van der Waals surface area contributed by atoms with Crippen molar-refractivity contribution in [2.75, 3.05) is 18.9 Å². The van der Waals surface area contributed by atoms with E-state index in [2.05, 4.69) is 23.3 Å². The van der Waals surface area contributed by atoms with Crippen molar-refractivity contribution in [2.24, 2.45) is 0 Å². The third-order valence-electron chi connectivity index (χ3n) is 1.60. The van der Waals surface area contributed by atoms with Gasteiger partial charge in [0.05, 0.1) is 6.61 Å². The molecule has 0 aliphatic heterocycles. The number of aliphatic hydroxyl groups excluding tert-OH is 1. The average Bonchev–Trinajstić information content (AvgIpc) is 2.19. The second kappa shape index (κ2) is 7.39. The molecule has 1 unspecified atom stereocenters.